The lowest BCUT2D eigenvalue weighted by Crippen LogP contribution is -2.39. The Bertz CT molecular complexity index is 686. The molecule has 1 unspecified atom stereocenters. The Hall–Kier alpha value is -1.81. The Labute approximate surface area is 128 Å². The van der Waals surface area contributed by atoms with Gasteiger partial charge in [0.2, 0.25) is 0 Å². The van der Waals surface area contributed by atoms with Gasteiger partial charge in [-0.15, -0.1) is 12.6 Å². The van der Waals surface area contributed by atoms with Crippen LogP contribution >= 0.6 is 12.6 Å². The van der Waals surface area contributed by atoms with E-state index >= 15 is 0 Å². The summed E-state index contributed by atoms with van der Waals surface area (Å²) in [5, 5.41) is 2.93. The van der Waals surface area contributed by atoms with Crippen molar-refractivity contribution in [3.8, 4) is 0 Å². The maximum absolute atomic E-state index is 13.7. The molecule has 0 heterocycles. The van der Waals surface area contributed by atoms with Crippen molar-refractivity contribution >= 4 is 18.5 Å². The minimum atomic E-state index is -0.512. The number of aryl methyl sites for hydroxylation is 1. The van der Waals surface area contributed by atoms with E-state index in [1.807, 2.05) is 12.1 Å². The first-order chi connectivity index (χ1) is 10.1. The molecule has 0 saturated carbocycles. The van der Waals surface area contributed by atoms with Crippen LogP contribution in [0.15, 0.2) is 47.4 Å². The van der Waals surface area contributed by atoms with Gasteiger partial charge in [-0.25, -0.2) is 4.39 Å². The van der Waals surface area contributed by atoms with E-state index in [1.165, 1.54) is 29.3 Å². The highest BCUT2D eigenvalue weighted by molar-refractivity contribution is 7.80. The number of nitrogens with one attached hydrogen (secondary N) is 1. The molecule has 1 amide bonds. The zero-order valence-corrected chi connectivity index (χ0v) is 12.4. The Morgan fingerprint density at radius 1 is 1.19 bits per heavy atom. The lowest BCUT2D eigenvalue weighted by Gasteiger charge is -2.25. The van der Waals surface area contributed by atoms with E-state index in [4.69, 9.17) is 0 Å². The Balaban J connectivity index is 1.73. The van der Waals surface area contributed by atoms with Gasteiger partial charge in [0.1, 0.15) is 5.82 Å². The number of hydrogen-bond acceptors (Lipinski definition) is 2. The zero-order chi connectivity index (χ0) is 14.8. The van der Waals surface area contributed by atoms with Crippen molar-refractivity contribution in [2.45, 2.75) is 30.2 Å². The maximum Gasteiger partial charge on any atom is 0.254 e. The quantitative estimate of drug-likeness (QED) is 0.818. The molecule has 1 N–H and O–H groups in total. The van der Waals surface area contributed by atoms with E-state index in [-0.39, 0.29) is 17.5 Å². The number of amides is 1. The van der Waals surface area contributed by atoms with Crippen molar-refractivity contribution < 1.29 is 9.18 Å². The van der Waals surface area contributed by atoms with Crippen LogP contribution in [0.5, 0.6) is 0 Å². The highest BCUT2D eigenvalue weighted by Gasteiger charge is 2.21. The van der Waals surface area contributed by atoms with Crippen LogP contribution in [-0.2, 0) is 12.8 Å². The van der Waals surface area contributed by atoms with Gasteiger partial charge >= 0.3 is 0 Å². The van der Waals surface area contributed by atoms with E-state index in [1.54, 1.807) is 0 Å². The molecule has 0 radical (unpaired) electrons. The molecular weight excluding hydrogens is 285 g/mol. The van der Waals surface area contributed by atoms with Gasteiger partial charge < -0.3 is 5.32 Å². The Morgan fingerprint density at radius 2 is 1.95 bits per heavy atom. The Morgan fingerprint density at radius 3 is 2.76 bits per heavy atom. The molecule has 0 fully saturated rings. The van der Waals surface area contributed by atoms with E-state index in [2.05, 4.69) is 30.1 Å². The molecule has 108 valence electrons. The molecule has 3 rings (SSSR count). The third-order valence-corrected chi connectivity index (χ3v) is 4.15. The molecule has 0 spiro atoms. The van der Waals surface area contributed by atoms with Gasteiger partial charge in [0.25, 0.3) is 5.91 Å². The standard InChI is InChI=1S/C17H16FNOS/c18-16-8-7-14(21)10-15(16)17(20)19-13-6-5-11-3-1-2-4-12(11)9-13/h1-4,7-8,10,13,21H,5-6,9H2,(H,19,20). The lowest BCUT2D eigenvalue weighted by molar-refractivity contribution is 0.0929. The normalized spacial score (nSPS) is 17.1. The summed E-state index contributed by atoms with van der Waals surface area (Å²) in [6, 6.07) is 12.6. The van der Waals surface area contributed by atoms with Crippen molar-refractivity contribution in [1.82, 2.24) is 5.32 Å². The zero-order valence-electron chi connectivity index (χ0n) is 11.5. The van der Waals surface area contributed by atoms with Crippen molar-refractivity contribution in [2.75, 3.05) is 0 Å². The third kappa shape index (κ3) is 3.10. The van der Waals surface area contributed by atoms with E-state index < -0.39 is 5.82 Å². The monoisotopic (exact) mass is 301 g/mol. The second kappa shape index (κ2) is 5.90. The number of hydrogen-bond donors (Lipinski definition) is 2. The smallest absolute Gasteiger partial charge is 0.254 e. The van der Waals surface area contributed by atoms with Crippen molar-refractivity contribution in [3.63, 3.8) is 0 Å². The minimum absolute atomic E-state index is 0.0513. The predicted octanol–water partition coefficient (Wildman–Crippen LogP) is 3.40. The van der Waals surface area contributed by atoms with E-state index in [0.29, 0.717) is 4.90 Å². The molecule has 1 atom stereocenters. The van der Waals surface area contributed by atoms with Crippen molar-refractivity contribution in [1.29, 1.82) is 0 Å². The summed E-state index contributed by atoms with van der Waals surface area (Å²) in [5.74, 6) is -0.880. The molecule has 4 heteroatoms. The van der Waals surface area contributed by atoms with Gasteiger partial charge in [-0.05, 0) is 48.6 Å². The highest BCUT2D eigenvalue weighted by Crippen LogP contribution is 2.22. The van der Waals surface area contributed by atoms with Crippen LogP contribution in [0.4, 0.5) is 4.39 Å². The first-order valence-electron chi connectivity index (χ1n) is 6.99. The molecule has 2 nitrogen and oxygen atoms in total. The summed E-state index contributed by atoms with van der Waals surface area (Å²) in [6.45, 7) is 0. The number of thiol groups is 1. The van der Waals surface area contributed by atoms with E-state index in [9.17, 15) is 9.18 Å². The average Bonchev–Trinajstić information content (AvgIpc) is 2.49. The summed E-state index contributed by atoms with van der Waals surface area (Å²) in [7, 11) is 0. The van der Waals surface area contributed by atoms with Gasteiger partial charge in [-0.3, -0.25) is 4.79 Å². The van der Waals surface area contributed by atoms with Gasteiger partial charge in [-0.2, -0.15) is 0 Å². The summed E-state index contributed by atoms with van der Waals surface area (Å²) in [5.41, 5.74) is 2.66. The molecule has 1 aliphatic carbocycles. The van der Waals surface area contributed by atoms with Gasteiger partial charge in [0.05, 0.1) is 5.56 Å². The largest absolute Gasteiger partial charge is 0.349 e. The number of carbonyl (C=O) groups excluding carboxylic acids is 1. The number of rotatable bonds is 2. The highest BCUT2D eigenvalue weighted by atomic mass is 32.1. The first-order valence-corrected chi connectivity index (χ1v) is 7.44. The summed E-state index contributed by atoms with van der Waals surface area (Å²) in [6.07, 6.45) is 2.62. The Kier molecular flexibility index (Phi) is 3.97. The minimum Gasteiger partial charge on any atom is -0.349 e. The van der Waals surface area contributed by atoms with Crippen LogP contribution in [-0.4, -0.2) is 11.9 Å². The summed E-state index contributed by atoms with van der Waals surface area (Å²) >= 11 is 4.15. The fourth-order valence-electron chi connectivity index (χ4n) is 2.77. The summed E-state index contributed by atoms with van der Waals surface area (Å²) < 4.78 is 13.7. The number of benzene rings is 2. The van der Waals surface area contributed by atoms with Crippen LogP contribution in [0.25, 0.3) is 0 Å². The molecule has 2 aromatic rings. The number of carbonyl (C=O) groups is 1. The molecular formula is C17H16FNOS. The fourth-order valence-corrected chi connectivity index (χ4v) is 2.98. The van der Waals surface area contributed by atoms with Gasteiger partial charge in [0.15, 0.2) is 0 Å². The number of halogens is 1. The van der Waals surface area contributed by atoms with Crippen LogP contribution in [0.2, 0.25) is 0 Å². The molecule has 0 saturated heterocycles. The third-order valence-electron chi connectivity index (χ3n) is 3.88. The average molecular weight is 301 g/mol. The fraction of sp³-hybridized carbons (Fsp3) is 0.235. The molecule has 0 bridgehead atoms. The van der Waals surface area contributed by atoms with E-state index in [0.717, 1.165) is 19.3 Å². The van der Waals surface area contributed by atoms with Crippen LogP contribution in [0.1, 0.15) is 27.9 Å². The molecule has 1 aliphatic rings. The summed E-state index contributed by atoms with van der Waals surface area (Å²) in [4.78, 5) is 12.8. The first kappa shape index (κ1) is 14.1. The molecule has 2 aromatic carbocycles. The second-order valence-electron chi connectivity index (χ2n) is 5.35. The second-order valence-corrected chi connectivity index (χ2v) is 5.86. The SMILES string of the molecule is O=C(NC1CCc2ccccc2C1)c1cc(S)ccc1F. The topological polar surface area (TPSA) is 29.1 Å². The maximum atomic E-state index is 13.7. The van der Waals surface area contributed by atoms with Crippen LogP contribution in [0.3, 0.4) is 0 Å². The van der Waals surface area contributed by atoms with Crippen LogP contribution < -0.4 is 5.32 Å². The number of fused-ring (bicyclic) bond motifs is 1. The van der Waals surface area contributed by atoms with Crippen LogP contribution in [0, 0.1) is 5.82 Å². The van der Waals surface area contributed by atoms with Gasteiger partial charge in [-0.1, -0.05) is 24.3 Å². The van der Waals surface area contributed by atoms with Crippen molar-refractivity contribution in [2.24, 2.45) is 0 Å². The molecule has 21 heavy (non-hydrogen) atoms. The van der Waals surface area contributed by atoms with Gasteiger partial charge in [0, 0.05) is 10.9 Å². The van der Waals surface area contributed by atoms with Crippen molar-refractivity contribution in [3.05, 3.63) is 65.0 Å². The molecule has 0 aliphatic heterocycles. The predicted molar refractivity (Wildman–Crippen MR) is 83.4 cm³/mol. The molecule has 0 aromatic heterocycles. The lowest BCUT2D eigenvalue weighted by atomic mass is 9.88.